The van der Waals surface area contributed by atoms with Gasteiger partial charge in [-0.1, -0.05) is 42.0 Å². The Morgan fingerprint density at radius 3 is 2.48 bits per heavy atom. The van der Waals surface area contributed by atoms with Gasteiger partial charge in [0.15, 0.2) is 0 Å². The number of carbonyl (C=O) groups excluding carboxylic acids is 1. The molecule has 0 aliphatic carbocycles. The van der Waals surface area contributed by atoms with Crippen molar-refractivity contribution < 1.29 is 17.9 Å². The van der Waals surface area contributed by atoms with Crippen LogP contribution < -0.4 is 10.1 Å². The van der Waals surface area contributed by atoms with Crippen LogP contribution in [0.4, 0.5) is 5.69 Å². The molecule has 0 saturated heterocycles. The van der Waals surface area contributed by atoms with Crippen molar-refractivity contribution >= 4 is 21.6 Å². The molecule has 7 heteroatoms. The number of para-hydroxylation sites is 2. The first kappa shape index (κ1) is 20.9. The van der Waals surface area contributed by atoms with Crippen LogP contribution in [0.5, 0.6) is 5.75 Å². The molecule has 0 aliphatic rings. The Labute approximate surface area is 161 Å². The summed E-state index contributed by atoms with van der Waals surface area (Å²) in [6, 6.07) is 14.6. The van der Waals surface area contributed by atoms with Crippen LogP contribution in [-0.4, -0.2) is 37.5 Å². The SMILES string of the molecule is Cc1cccc(CN(CC(=O)Nc2ccccc2OC(C)C)S(C)(=O)=O)c1. The molecule has 0 aliphatic heterocycles. The molecule has 0 heterocycles. The number of anilines is 1. The summed E-state index contributed by atoms with van der Waals surface area (Å²) in [5, 5.41) is 2.75. The van der Waals surface area contributed by atoms with Crippen LogP contribution in [-0.2, 0) is 21.4 Å². The first-order valence-corrected chi connectivity index (χ1v) is 10.6. The molecule has 1 amide bonds. The number of amides is 1. The minimum absolute atomic E-state index is 0.0445. The second-order valence-corrected chi connectivity index (χ2v) is 8.71. The molecule has 6 nitrogen and oxygen atoms in total. The number of nitrogens with zero attached hydrogens (tertiary/aromatic N) is 1. The van der Waals surface area contributed by atoms with E-state index in [1.807, 2.05) is 51.1 Å². The Morgan fingerprint density at radius 2 is 1.85 bits per heavy atom. The van der Waals surface area contributed by atoms with E-state index >= 15 is 0 Å². The van der Waals surface area contributed by atoms with E-state index in [0.29, 0.717) is 11.4 Å². The van der Waals surface area contributed by atoms with Crippen LogP contribution >= 0.6 is 0 Å². The fourth-order valence-corrected chi connectivity index (χ4v) is 3.32. The lowest BCUT2D eigenvalue weighted by atomic mass is 10.1. The number of hydrogen-bond acceptors (Lipinski definition) is 4. The molecular formula is C20H26N2O4S. The van der Waals surface area contributed by atoms with E-state index in [1.54, 1.807) is 18.2 Å². The van der Waals surface area contributed by atoms with E-state index in [4.69, 9.17) is 4.74 Å². The van der Waals surface area contributed by atoms with Crippen molar-refractivity contribution in [2.45, 2.75) is 33.4 Å². The van der Waals surface area contributed by atoms with Gasteiger partial charge in [0.25, 0.3) is 0 Å². The highest BCUT2D eigenvalue weighted by atomic mass is 32.2. The molecule has 1 N–H and O–H groups in total. The topological polar surface area (TPSA) is 75.7 Å². The zero-order valence-corrected chi connectivity index (χ0v) is 16.9. The van der Waals surface area contributed by atoms with Crippen molar-refractivity contribution in [3.63, 3.8) is 0 Å². The van der Waals surface area contributed by atoms with Crippen LogP contribution in [0, 0.1) is 6.92 Å². The molecule has 0 radical (unpaired) electrons. The Morgan fingerprint density at radius 1 is 1.15 bits per heavy atom. The number of benzene rings is 2. The van der Waals surface area contributed by atoms with Crippen LogP contribution in [0.25, 0.3) is 0 Å². The monoisotopic (exact) mass is 390 g/mol. The van der Waals surface area contributed by atoms with Gasteiger partial charge in [-0.3, -0.25) is 4.79 Å². The van der Waals surface area contributed by atoms with Crippen molar-refractivity contribution in [3.05, 3.63) is 59.7 Å². The fraction of sp³-hybridized carbons (Fsp3) is 0.350. The predicted molar refractivity (Wildman–Crippen MR) is 107 cm³/mol. The van der Waals surface area contributed by atoms with Crippen molar-refractivity contribution in [1.82, 2.24) is 4.31 Å². The van der Waals surface area contributed by atoms with Crippen molar-refractivity contribution in [3.8, 4) is 5.75 Å². The first-order valence-electron chi connectivity index (χ1n) is 8.71. The average molecular weight is 391 g/mol. The van der Waals surface area contributed by atoms with E-state index in [0.717, 1.165) is 21.7 Å². The molecule has 0 unspecified atom stereocenters. The highest BCUT2D eigenvalue weighted by Gasteiger charge is 2.21. The number of aryl methyl sites for hydroxylation is 1. The molecule has 2 aromatic carbocycles. The van der Waals surface area contributed by atoms with Gasteiger partial charge in [-0.2, -0.15) is 4.31 Å². The zero-order valence-electron chi connectivity index (χ0n) is 16.1. The molecule has 0 spiro atoms. The number of carbonyl (C=O) groups is 1. The smallest absolute Gasteiger partial charge is 0.239 e. The van der Waals surface area contributed by atoms with Gasteiger partial charge in [0.2, 0.25) is 15.9 Å². The fourth-order valence-electron chi connectivity index (χ4n) is 2.58. The maximum atomic E-state index is 12.5. The summed E-state index contributed by atoms with van der Waals surface area (Å²) in [6.07, 6.45) is 1.06. The Hall–Kier alpha value is -2.38. The Kier molecular flexibility index (Phi) is 6.98. The van der Waals surface area contributed by atoms with Crippen LogP contribution in [0.2, 0.25) is 0 Å². The van der Waals surface area contributed by atoms with Crippen molar-refractivity contribution in [2.75, 3.05) is 18.1 Å². The standard InChI is InChI=1S/C20H26N2O4S/c1-15(2)26-19-11-6-5-10-18(19)21-20(23)14-22(27(4,24)25)13-17-9-7-8-16(3)12-17/h5-12,15H,13-14H2,1-4H3,(H,21,23). The number of ether oxygens (including phenoxy) is 1. The van der Waals surface area contributed by atoms with E-state index in [1.165, 1.54) is 0 Å². The number of nitrogens with one attached hydrogen (secondary N) is 1. The largest absolute Gasteiger partial charge is 0.489 e. The summed E-state index contributed by atoms with van der Waals surface area (Å²) in [5.41, 5.74) is 2.38. The minimum Gasteiger partial charge on any atom is -0.489 e. The maximum absolute atomic E-state index is 12.5. The second-order valence-electron chi connectivity index (χ2n) is 6.73. The molecule has 0 atom stereocenters. The van der Waals surface area contributed by atoms with E-state index in [9.17, 15) is 13.2 Å². The lowest BCUT2D eigenvalue weighted by Crippen LogP contribution is -2.37. The van der Waals surface area contributed by atoms with Gasteiger partial charge in [-0.15, -0.1) is 0 Å². The van der Waals surface area contributed by atoms with Crippen molar-refractivity contribution in [1.29, 1.82) is 0 Å². The highest BCUT2D eigenvalue weighted by molar-refractivity contribution is 7.88. The lowest BCUT2D eigenvalue weighted by Gasteiger charge is -2.20. The lowest BCUT2D eigenvalue weighted by molar-refractivity contribution is -0.116. The molecule has 2 aromatic rings. The molecule has 2 rings (SSSR count). The van der Waals surface area contributed by atoms with Crippen molar-refractivity contribution in [2.24, 2.45) is 0 Å². The average Bonchev–Trinajstić information content (AvgIpc) is 2.55. The van der Waals surface area contributed by atoms with Gasteiger partial charge in [0, 0.05) is 6.54 Å². The summed E-state index contributed by atoms with van der Waals surface area (Å²) in [7, 11) is -3.55. The molecule has 0 fully saturated rings. The van der Waals surface area contributed by atoms with E-state index < -0.39 is 15.9 Å². The van der Waals surface area contributed by atoms with Crippen LogP contribution in [0.15, 0.2) is 48.5 Å². The Balaban J connectivity index is 2.13. The van der Waals surface area contributed by atoms with Gasteiger partial charge < -0.3 is 10.1 Å². The number of hydrogen-bond donors (Lipinski definition) is 1. The van der Waals surface area contributed by atoms with Gasteiger partial charge in [-0.25, -0.2) is 8.42 Å². The van der Waals surface area contributed by atoms with Crippen LogP contribution in [0.3, 0.4) is 0 Å². The minimum atomic E-state index is -3.55. The van der Waals surface area contributed by atoms with Crippen LogP contribution in [0.1, 0.15) is 25.0 Å². The first-order chi connectivity index (χ1) is 12.6. The summed E-state index contributed by atoms with van der Waals surface area (Å²) in [4.78, 5) is 12.5. The quantitative estimate of drug-likeness (QED) is 0.751. The zero-order chi connectivity index (χ0) is 20.0. The summed E-state index contributed by atoms with van der Waals surface area (Å²) in [5.74, 6) is 0.123. The third kappa shape index (κ3) is 6.69. The normalized spacial score (nSPS) is 11.6. The number of rotatable bonds is 8. The summed E-state index contributed by atoms with van der Waals surface area (Å²) < 4.78 is 31.1. The predicted octanol–water partition coefficient (Wildman–Crippen LogP) is 3.18. The van der Waals surface area contributed by atoms with E-state index in [2.05, 4.69) is 5.32 Å². The van der Waals surface area contributed by atoms with Gasteiger partial charge in [0.05, 0.1) is 24.6 Å². The molecule has 0 saturated carbocycles. The summed E-state index contributed by atoms with van der Waals surface area (Å²) >= 11 is 0. The molecule has 146 valence electrons. The molecule has 27 heavy (non-hydrogen) atoms. The molecule has 0 bridgehead atoms. The second kappa shape index (κ2) is 9.01. The maximum Gasteiger partial charge on any atom is 0.239 e. The molecular weight excluding hydrogens is 364 g/mol. The summed E-state index contributed by atoms with van der Waals surface area (Å²) in [6.45, 7) is 5.59. The van der Waals surface area contributed by atoms with E-state index in [-0.39, 0.29) is 19.2 Å². The van der Waals surface area contributed by atoms with Gasteiger partial charge in [0.1, 0.15) is 5.75 Å². The number of sulfonamides is 1. The third-order valence-corrected chi connectivity index (χ3v) is 4.95. The highest BCUT2D eigenvalue weighted by Crippen LogP contribution is 2.25. The Bertz CT molecular complexity index is 894. The molecule has 0 aromatic heterocycles. The van der Waals surface area contributed by atoms with Gasteiger partial charge >= 0.3 is 0 Å². The third-order valence-electron chi connectivity index (χ3n) is 3.75. The van der Waals surface area contributed by atoms with Gasteiger partial charge in [-0.05, 0) is 38.5 Å².